The lowest BCUT2D eigenvalue weighted by Gasteiger charge is -2.54. The molecule has 1 N–H and O–H groups in total. The second-order valence-electron chi connectivity index (χ2n) is 7.64. The molecule has 0 spiro atoms. The first-order valence-electron chi connectivity index (χ1n) is 8.79. The molecule has 4 rings (SSSR count). The number of hydrogen-bond donors (Lipinski definition) is 1. The minimum absolute atomic E-state index is 0.174. The van der Waals surface area contributed by atoms with Crippen molar-refractivity contribution in [1.82, 2.24) is 4.90 Å². The van der Waals surface area contributed by atoms with Crippen molar-refractivity contribution in [3.8, 4) is 5.75 Å². The Balaban J connectivity index is 1.69. The average molecular weight is 433 g/mol. The van der Waals surface area contributed by atoms with E-state index in [0.717, 1.165) is 29.5 Å². The molecule has 2 nitrogen and oxygen atoms in total. The summed E-state index contributed by atoms with van der Waals surface area (Å²) in [4.78, 5) is 2.67. The van der Waals surface area contributed by atoms with Gasteiger partial charge in [-0.05, 0) is 82.1 Å². The van der Waals surface area contributed by atoms with Crippen LogP contribution in [-0.4, -0.2) is 22.6 Å². The van der Waals surface area contributed by atoms with E-state index in [0.29, 0.717) is 17.7 Å². The van der Waals surface area contributed by atoms with Gasteiger partial charge in [-0.1, -0.05) is 44.2 Å². The van der Waals surface area contributed by atoms with Gasteiger partial charge in [0, 0.05) is 12.6 Å². The van der Waals surface area contributed by atoms with Crippen LogP contribution in [0.3, 0.4) is 0 Å². The maximum atomic E-state index is 10.2. The summed E-state index contributed by atoms with van der Waals surface area (Å²) >= 11 is 2.24. The highest BCUT2D eigenvalue weighted by Crippen LogP contribution is 2.50. The smallest absolute Gasteiger partial charge is 0.129 e. The number of piperidine rings is 1. The second-order valence-corrected chi connectivity index (χ2v) is 8.81. The van der Waals surface area contributed by atoms with Gasteiger partial charge in [0.15, 0.2) is 0 Å². The first kappa shape index (κ1) is 16.4. The van der Waals surface area contributed by atoms with Gasteiger partial charge in [0.2, 0.25) is 0 Å². The highest BCUT2D eigenvalue weighted by Gasteiger charge is 2.48. The number of phenols is 1. The maximum Gasteiger partial charge on any atom is 0.129 e. The van der Waals surface area contributed by atoms with E-state index in [1.165, 1.54) is 16.7 Å². The van der Waals surface area contributed by atoms with Crippen molar-refractivity contribution in [2.45, 2.75) is 44.7 Å². The second kappa shape index (κ2) is 6.03. The lowest BCUT2D eigenvalue weighted by molar-refractivity contribution is 0.0257. The first-order chi connectivity index (χ1) is 11.5. The Morgan fingerprint density at radius 2 is 2.00 bits per heavy atom. The van der Waals surface area contributed by atoms with E-state index in [1.54, 1.807) is 0 Å². The van der Waals surface area contributed by atoms with Gasteiger partial charge in [0.25, 0.3) is 0 Å². The summed E-state index contributed by atoms with van der Waals surface area (Å²) in [5, 5.41) is 10.2. The van der Waals surface area contributed by atoms with Crippen LogP contribution in [0, 0.1) is 9.49 Å². The zero-order valence-electron chi connectivity index (χ0n) is 14.3. The summed E-state index contributed by atoms with van der Waals surface area (Å²) in [6.07, 6.45) is 2.25. The minimum Gasteiger partial charge on any atom is -0.507 e. The van der Waals surface area contributed by atoms with Crippen molar-refractivity contribution < 1.29 is 5.11 Å². The molecule has 2 aromatic carbocycles. The van der Waals surface area contributed by atoms with Gasteiger partial charge >= 0.3 is 0 Å². The predicted molar refractivity (Wildman–Crippen MR) is 106 cm³/mol. The number of halogens is 1. The lowest BCUT2D eigenvalue weighted by atomic mass is 9.59. The van der Waals surface area contributed by atoms with E-state index >= 15 is 0 Å². The van der Waals surface area contributed by atoms with Crippen LogP contribution < -0.4 is 0 Å². The Labute approximate surface area is 158 Å². The van der Waals surface area contributed by atoms with Crippen LogP contribution in [-0.2, 0) is 18.4 Å². The van der Waals surface area contributed by atoms with Gasteiger partial charge in [0.1, 0.15) is 5.75 Å². The van der Waals surface area contributed by atoms with Gasteiger partial charge in [0.05, 0.1) is 3.57 Å². The van der Waals surface area contributed by atoms with Crippen molar-refractivity contribution in [1.29, 1.82) is 0 Å². The molecule has 1 fully saturated rings. The van der Waals surface area contributed by atoms with Crippen LogP contribution in [0.1, 0.15) is 37.0 Å². The molecule has 0 radical (unpaired) electrons. The van der Waals surface area contributed by atoms with E-state index in [4.69, 9.17) is 0 Å². The summed E-state index contributed by atoms with van der Waals surface area (Å²) < 4.78 is 0.970. The molecule has 1 saturated heterocycles. The van der Waals surface area contributed by atoms with Crippen molar-refractivity contribution in [2.75, 3.05) is 6.54 Å². The fourth-order valence-corrected chi connectivity index (χ4v) is 5.27. The molecule has 0 saturated carbocycles. The Morgan fingerprint density at radius 3 is 2.75 bits per heavy atom. The molecular weight excluding hydrogens is 409 g/mol. The fraction of sp³-hybridized carbons (Fsp3) is 0.429. The van der Waals surface area contributed by atoms with Crippen LogP contribution in [0.25, 0.3) is 0 Å². The molecule has 2 aromatic rings. The third kappa shape index (κ3) is 2.57. The summed E-state index contributed by atoms with van der Waals surface area (Å²) in [5.74, 6) is 1.04. The molecule has 2 aliphatic rings. The van der Waals surface area contributed by atoms with Crippen molar-refractivity contribution in [3.63, 3.8) is 0 Å². The summed E-state index contributed by atoms with van der Waals surface area (Å²) in [5.41, 5.74) is 4.39. The molecule has 2 bridgehead atoms. The third-order valence-electron chi connectivity index (χ3n) is 6.42. The molecule has 1 aliphatic carbocycles. The van der Waals surface area contributed by atoms with Crippen LogP contribution in [0.5, 0.6) is 5.75 Å². The summed E-state index contributed by atoms with van der Waals surface area (Å²) in [6.45, 7) is 6.97. The Hall–Kier alpha value is -1.07. The van der Waals surface area contributed by atoms with Crippen molar-refractivity contribution in [3.05, 3.63) is 62.7 Å². The zero-order chi connectivity index (χ0) is 16.9. The number of hydrogen-bond acceptors (Lipinski definition) is 2. The number of nitrogens with zero attached hydrogens (tertiary/aromatic N) is 1. The van der Waals surface area contributed by atoms with Crippen LogP contribution in [0.15, 0.2) is 42.5 Å². The van der Waals surface area contributed by atoms with Gasteiger partial charge in [-0.25, -0.2) is 0 Å². The van der Waals surface area contributed by atoms with E-state index in [1.807, 2.05) is 6.07 Å². The van der Waals surface area contributed by atoms with E-state index < -0.39 is 0 Å². The molecule has 3 heteroatoms. The first-order valence-corrected chi connectivity index (χ1v) is 9.87. The van der Waals surface area contributed by atoms with Crippen molar-refractivity contribution >= 4 is 22.6 Å². The predicted octanol–water partition coefficient (Wildman–Crippen LogP) is 4.72. The quantitative estimate of drug-likeness (QED) is 0.693. The Bertz CT molecular complexity index is 760. The number of fused-ring (bicyclic) bond motifs is 4. The molecule has 1 heterocycles. The zero-order valence-corrected chi connectivity index (χ0v) is 16.5. The average Bonchev–Trinajstić information content (AvgIpc) is 2.57. The number of benzene rings is 2. The van der Waals surface area contributed by atoms with Crippen molar-refractivity contribution in [2.24, 2.45) is 5.92 Å². The number of phenolic OH excluding ortho intramolecular Hbond substituents is 1. The SMILES string of the molecule is CC1C2Cc3cc(I)c(O)cc3C1(C)CCN2Cc1ccccc1. The fourth-order valence-electron chi connectivity index (χ4n) is 4.74. The van der Waals surface area contributed by atoms with Crippen LogP contribution >= 0.6 is 22.6 Å². The molecule has 3 unspecified atom stereocenters. The molecular formula is C21H24INO. The summed E-state index contributed by atoms with van der Waals surface area (Å²) in [6, 6.07) is 15.6. The topological polar surface area (TPSA) is 23.5 Å². The minimum atomic E-state index is 0.174. The lowest BCUT2D eigenvalue weighted by Crippen LogP contribution is -2.57. The standard InChI is InChI=1S/C21H24INO/c1-14-19-11-16-10-18(22)20(24)12-17(16)21(14,2)8-9-23(19)13-15-6-4-3-5-7-15/h3-7,10,12,14,19,24H,8-9,11,13H2,1-2H3. The number of rotatable bonds is 2. The monoisotopic (exact) mass is 433 g/mol. The van der Waals surface area contributed by atoms with Crippen LogP contribution in [0.2, 0.25) is 0 Å². The Morgan fingerprint density at radius 1 is 1.25 bits per heavy atom. The van der Waals surface area contributed by atoms with E-state index in [2.05, 4.69) is 77.7 Å². The molecule has 1 aliphatic heterocycles. The molecule has 3 atom stereocenters. The van der Waals surface area contributed by atoms with Gasteiger partial charge in [-0.3, -0.25) is 4.90 Å². The van der Waals surface area contributed by atoms with E-state index in [-0.39, 0.29) is 5.41 Å². The highest BCUT2D eigenvalue weighted by atomic mass is 127. The highest BCUT2D eigenvalue weighted by molar-refractivity contribution is 14.1. The van der Waals surface area contributed by atoms with Gasteiger partial charge < -0.3 is 5.11 Å². The number of aromatic hydroxyl groups is 1. The normalized spacial score (nSPS) is 29.3. The van der Waals surface area contributed by atoms with E-state index in [9.17, 15) is 5.11 Å². The van der Waals surface area contributed by atoms with Crippen LogP contribution in [0.4, 0.5) is 0 Å². The number of likely N-dealkylation sites (tertiary alicyclic amines) is 1. The summed E-state index contributed by atoms with van der Waals surface area (Å²) in [7, 11) is 0. The maximum absolute atomic E-state index is 10.2. The van der Waals surface area contributed by atoms with Gasteiger partial charge in [-0.2, -0.15) is 0 Å². The molecule has 0 aromatic heterocycles. The molecule has 126 valence electrons. The largest absolute Gasteiger partial charge is 0.507 e. The molecule has 0 amide bonds. The third-order valence-corrected chi connectivity index (χ3v) is 7.28. The van der Waals surface area contributed by atoms with Gasteiger partial charge in [-0.15, -0.1) is 0 Å². The molecule has 24 heavy (non-hydrogen) atoms. The Kier molecular flexibility index (Phi) is 4.12.